The first kappa shape index (κ1) is 35.0. The van der Waals surface area contributed by atoms with E-state index in [-0.39, 0.29) is 22.6 Å². The highest BCUT2D eigenvalue weighted by atomic mass is 16.5. The lowest BCUT2D eigenvalue weighted by atomic mass is 9.94. The van der Waals surface area contributed by atoms with Gasteiger partial charge in [-0.1, -0.05) is 41.5 Å². The van der Waals surface area contributed by atoms with Gasteiger partial charge in [0.2, 0.25) is 0 Å². The number of nitrogens with one attached hydrogen (secondary N) is 1. The fraction of sp³-hybridized carbons (Fsp3) is 0.962. The van der Waals surface area contributed by atoms with E-state index in [0.29, 0.717) is 25.7 Å². The van der Waals surface area contributed by atoms with Crippen LogP contribution in [-0.4, -0.2) is 48.1 Å². The topological polar surface area (TPSA) is 56.8 Å². The van der Waals surface area contributed by atoms with Crippen molar-refractivity contribution in [3.8, 4) is 0 Å². The van der Waals surface area contributed by atoms with Crippen LogP contribution in [0.4, 0.5) is 0 Å². The van der Waals surface area contributed by atoms with Gasteiger partial charge < -0.3 is 19.5 Å². The molecule has 0 unspecified atom stereocenters. The Morgan fingerprint density at radius 3 is 1.65 bits per heavy atom. The standard InChI is InChI=1S/C22H45NO4.2C2H6/c1-12-25-20(6,7)14-16-27-22(10,11)18(24)23-19(4,5)13-15-26-21(8,9)17(2)3;2*1-2/h17H,12-16H2,1-11H3,(H,23,24);2*1-2H3. The lowest BCUT2D eigenvalue weighted by Crippen LogP contribution is -2.53. The summed E-state index contributed by atoms with van der Waals surface area (Å²) in [6, 6.07) is 0. The fourth-order valence-electron chi connectivity index (χ4n) is 2.34. The van der Waals surface area contributed by atoms with Crippen molar-refractivity contribution in [2.75, 3.05) is 19.8 Å². The second-order valence-corrected chi connectivity index (χ2v) is 10.00. The minimum atomic E-state index is -0.891. The maximum Gasteiger partial charge on any atom is 0.252 e. The second-order valence-electron chi connectivity index (χ2n) is 10.00. The molecule has 0 heterocycles. The van der Waals surface area contributed by atoms with Gasteiger partial charge in [0, 0.05) is 18.8 Å². The third-order valence-electron chi connectivity index (χ3n) is 5.29. The first-order valence-corrected chi connectivity index (χ1v) is 12.3. The van der Waals surface area contributed by atoms with Crippen molar-refractivity contribution in [1.82, 2.24) is 5.32 Å². The summed E-state index contributed by atoms with van der Waals surface area (Å²) in [5.74, 6) is 0.327. The lowest BCUT2D eigenvalue weighted by molar-refractivity contribution is -0.147. The lowest BCUT2D eigenvalue weighted by Gasteiger charge is -2.35. The van der Waals surface area contributed by atoms with E-state index in [0.717, 1.165) is 12.8 Å². The first-order chi connectivity index (χ1) is 14.0. The molecule has 1 amide bonds. The van der Waals surface area contributed by atoms with Crippen LogP contribution in [0.2, 0.25) is 0 Å². The highest BCUT2D eigenvalue weighted by Crippen LogP contribution is 2.23. The van der Waals surface area contributed by atoms with Crippen LogP contribution >= 0.6 is 0 Å². The smallest absolute Gasteiger partial charge is 0.252 e. The molecule has 0 saturated carbocycles. The summed E-state index contributed by atoms with van der Waals surface area (Å²) in [6.45, 7) is 32.0. The molecule has 5 nitrogen and oxygen atoms in total. The molecule has 0 atom stereocenters. The van der Waals surface area contributed by atoms with Crippen molar-refractivity contribution in [1.29, 1.82) is 0 Å². The van der Waals surface area contributed by atoms with Crippen LogP contribution in [0.3, 0.4) is 0 Å². The van der Waals surface area contributed by atoms with Crippen molar-refractivity contribution in [2.24, 2.45) is 5.92 Å². The van der Waals surface area contributed by atoms with Gasteiger partial charge in [0.15, 0.2) is 0 Å². The van der Waals surface area contributed by atoms with Crippen LogP contribution in [0.25, 0.3) is 0 Å². The molecule has 0 aliphatic carbocycles. The van der Waals surface area contributed by atoms with Crippen LogP contribution in [-0.2, 0) is 19.0 Å². The third-order valence-corrected chi connectivity index (χ3v) is 5.29. The second kappa shape index (κ2) is 16.0. The number of ether oxygens (including phenoxy) is 3. The van der Waals surface area contributed by atoms with Gasteiger partial charge in [-0.05, 0) is 81.1 Å². The van der Waals surface area contributed by atoms with Crippen molar-refractivity contribution < 1.29 is 19.0 Å². The number of amides is 1. The van der Waals surface area contributed by atoms with E-state index in [1.165, 1.54) is 0 Å². The van der Waals surface area contributed by atoms with Crippen LogP contribution in [0.15, 0.2) is 0 Å². The zero-order valence-electron chi connectivity index (χ0n) is 23.7. The fourth-order valence-corrected chi connectivity index (χ4v) is 2.34. The van der Waals surface area contributed by atoms with Crippen molar-refractivity contribution in [3.05, 3.63) is 0 Å². The van der Waals surface area contributed by atoms with Gasteiger partial charge in [0.25, 0.3) is 5.91 Å². The Labute approximate surface area is 195 Å². The quantitative estimate of drug-likeness (QED) is 0.338. The summed E-state index contributed by atoms with van der Waals surface area (Å²) in [5, 5.41) is 3.11. The Morgan fingerprint density at radius 1 is 0.774 bits per heavy atom. The maximum atomic E-state index is 12.7. The van der Waals surface area contributed by atoms with Crippen molar-refractivity contribution >= 4 is 5.91 Å². The molecule has 0 aliphatic heterocycles. The molecular weight excluding hydrogens is 390 g/mol. The molecule has 0 bridgehead atoms. The molecule has 1 N–H and O–H groups in total. The van der Waals surface area contributed by atoms with Crippen LogP contribution in [0, 0.1) is 5.92 Å². The number of hydrogen-bond donors (Lipinski definition) is 1. The number of hydrogen-bond acceptors (Lipinski definition) is 4. The summed E-state index contributed by atoms with van der Waals surface area (Å²) < 4.78 is 17.6. The van der Waals surface area contributed by atoms with E-state index >= 15 is 0 Å². The van der Waals surface area contributed by atoms with E-state index in [9.17, 15) is 4.79 Å². The monoisotopic (exact) mass is 447 g/mol. The van der Waals surface area contributed by atoms with Crippen molar-refractivity contribution in [3.63, 3.8) is 0 Å². The summed E-state index contributed by atoms with van der Waals surface area (Å²) in [4.78, 5) is 12.7. The highest BCUT2D eigenvalue weighted by Gasteiger charge is 2.34. The predicted molar refractivity (Wildman–Crippen MR) is 135 cm³/mol. The largest absolute Gasteiger partial charge is 0.376 e. The first-order valence-electron chi connectivity index (χ1n) is 12.3. The molecule has 0 spiro atoms. The number of carbonyl (C=O) groups excluding carboxylic acids is 1. The molecule has 0 radical (unpaired) electrons. The Morgan fingerprint density at radius 2 is 1.23 bits per heavy atom. The predicted octanol–water partition coefficient (Wildman–Crippen LogP) is 6.78. The average molecular weight is 448 g/mol. The molecule has 0 aromatic heterocycles. The van der Waals surface area contributed by atoms with Gasteiger partial charge >= 0.3 is 0 Å². The van der Waals surface area contributed by atoms with Crippen LogP contribution in [0.1, 0.15) is 117 Å². The van der Waals surface area contributed by atoms with E-state index in [2.05, 4.69) is 33.0 Å². The summed E-state index contributed by atoms with van der Waals surface area (Å²) in [6.07, 6.45) is 1.47. The highest BCUT2D eigenvalue weighted by molar-refractivity contribution is 5.84. The molecule has 190 valence electrons. The molecule has 0 saturated heterocycles. The van der Waals surface area contributed by atoms with E-state index < -0.39 is 5.60 Å². The Bertz CT molecular complexity index is 454. The molecular formula is C26H57NO4. The van der Waals surface area contributed by atoms with Gasteiger partial charge in [0.1, 0.15) is 5.60 Å². The van der Waals surface area contributed by atoms with Crippen molar-refractivity contribution in [2.45, 2.75) is 139 Å². The van der Waals surface area contributed by atoms with E-state index in [1.807, 2.05) is 76.2 Å². The third kappa shape index (κ3) is 16.6. The Kier molecular flexibility index (Phi) is 18.1. The molecule has 0 aromatic rings. The zero-order chi connectivity index (χ0) is 25.5. The molecule has 5 heteroatoms. The van der Waals surface area contributed by atoms with Gasteiger partial charge in [0.05, 0.1) is 17.8 Å². The minimum Gasteiger partial charge on any atom is -0.376 e. The normalized spacial score (nSPS) is 12.5. The zero-order valence-corrected chi connectivity index (χ0v) is 23.7. The van der Waals surface area contributed by atoms with E-state index in [1.54, 1.807) is 0 Å². The van der Waals surface area contributed by atoms with E-state index in [4.69, 9.17) is 14.2 Å². The summed E-state index contributed by atoms with van der Waals surface area (Å²) in [5.41, 5.74) is -1.68. The average Bonchev–Trinajstić information content (AvgIpc) is 2.63. The Hall–Kier alpha value is -0.650. The maximum absolute atomic E-state index is 12.7. The Balaban J connectivity index is -0.00000184. The molecule has 0 fully saturated rings. The van der Waals surface area contributed by atoms with Crippen LogP contribution in [0.5, 0.6) is 0 Å². The molecule has 0 aromatic carbocycles. The summed E-state index contributed by atoms with van der Waals surface area (Å²) >= 11 is 0. The molecule has 0 rings (SSSR count). The number of rotatable bonds is 13. The summed E-state index contributed by atoms with van der Waals surface area (Å²) in [7, 11) is 0. The molecule has 0 aliphatic rings. The number of carbonyl (C=O) groups is 1. The van der Waals surface area contributed by atoms with Gasteiger partial charge in [-0.15, -0.1) is 0 Å². The molecule has 31 heavy (non-hydrogen) atoms. The van der Waals surface area contributed by atoms with Gasteiger partial charge in [-0.3, -0.25) is 4.79 Å². The minimum absolute atomic E-state index is 0.107. The van der Waals surface area contributed by atoms with Gasteiger partial charge in [-0.2, -0.15) is 0 Å². The SMILES string of the molecule is CC.CC.CCOC(C)(C)CCOC(C)(C)C(=O)NC(C)(C)CCOC(C)(C)C(C)C. The van der Waals surface area contributed by atoms with Gasteiger partial charge in [-0.25, -0.2) is 0 Å². The van der Waals surface area contributed by atoms with Crippen LogP contribution < -0.4 is 5.32 Å².